The van der Waals surface area contributed by atoms with Gasteiger partial charge in [0.2, 0.25) is 0 Å². The molecule has 0 radical (unpaired) electrons. The molecule has 0 bridgehead atoms. The topological polar surface area (TPSA) is 17.1 Å². The van der Waals surface area contributed by atoms with Gasteiger partial charge in [0, 0.05) is 17.0 Å². The highest BCUT2D eigenvalue weighted by Gasteiger charge is 2.09. The number of fused-ring (bicyclic) bond motifs is 1. The molecule has 0 fully saturated rings. The molecule has 2 aromatic rings. The molecule has 16 heavy (non-hydrogen) atoms. The van der Waals surface area contributed by atoms with E-state index < -0.39 is 0 Å². The highest BCUT2D eigenvalue weighted by Crippen LogP contribution is 2.26. The molecule has 1 nitrogen and oxygen atoms in total. The number of thiophene rings is 1. The number of benzene rings is 1. The number of aryl methyl sites for hydroxylation is 1. The maximum absolute atomic E-state index is 11.6. The summed E-state index contributed by atoms with van der Waals surface area (Å²) in [7, 11) is 0. The van der Waals surface area contributed by atoms with Crippen molar-refractivity contribution in [2.45, 2.75) is 26.7 Å². The van der Waals surface area contributed by atoms with Gasteiger partial charge >= 0.3 is 0 Å². The van der Waals surface area contributed by atoms with Crippen molar-refractivity contribution in [1.29, 1.82) is 0 Å². The fourth-order valence-corrected chi connectivity index (χ4v) is 2.77. The molecular formula is C14H16OS. The van der Waals surface area contributed by atoms with Crippen LogP contribution in [0.3, 0.4) is 0 Å². The van der Waals surface area contributed by atoms with E-state index in [1.807, 2.05) is 13.8 Å². The first-order chi connectivity index (χ1) is 7.68. The molecule has 0 N–H and O–H groups in total. The van der Waals surface area contributed by atoms with Gasteiger partial charge < -0.3 is 0 Å². The summed E-state index contributed by atoms with van der Waals surface area (Å²) in [6.45, 7) is 3.93. The standard InChI is InChI=1S/C14H16OS/c1-10(2)13(15)8-7-11-9-16-14-6-4-3-5-12(11)14/h3-6,9-10H,7-8H2,1-2H3. The molecule has 0 aliphatic carbocycles. The van der Waals surface area contributed by atoms with Gasteiger partial charge in [-0.3, -0.25) is 4.79 Å². The van der Waals surface area contributed by atoms with E-state index in [2.05, 4.69) is 29.6 Å². The van der Waals surface area contributed by atoms with Crippen molar-refractivity contribution >= 4 is 27.2 Å². The monoisotopic (exact) mass is 232 g/mol. The van der Waals surface area contributed by atoms with Crippen LogP contribution in [0.25, 0.3) is 10.1 Å². The summed E-state index contributed by atoms with van der Waals surface area (Å²) >= 11 is 1.76. The second-order valence-electron chi connectivity index (χ2n) is 4.38. The Morgan fingerprint density at radius 1 is 1.31 bits per heavy atom. The molecule has 84 valence electrons. The molecule has 0 unspecified atom stereocenters. The summed E-state index contributed by atoms with van der Waals surface area (Å²) < 4.78 is 1.31. The van der Waals surface area contributed by atoms with Gasteiger partial charge in [0.25, 0.3) is 0 Å². The zero-order valence-electron chi connectivity index (χ0n) is 9.69. The predicted octanol–water partition coefficient (Wildman–Crippen LogP) is 4.06. The van der Waals surface area contributed by atoms with Gasteiger partial charge in [-0.1, -0.05) is 32.0 Å². The average molecular weight is 232 g/mol. The van der Waals surface area contributed by atoms with Crippen LogP contribution in [0.2, 0.25) is 0 Å². The third kappa shape index (κ3) is 2.33. The Bertz CT molecular complexity index is 496. The van der Waals surface area contributed by atoms with Gasteiger partial charge in [0.15, 0.2) is 0 Å². The van der Waals surface area contributed by atoms with Crippen molar-refractivity contribution < 1.29 is 4.79 Å². The molecule has 0 aliphatic rings. The molecule has 0 spiro atoms. The number of rotatable bonds is 4. The van der Waals surface area contributed by atoms with E-state index in [0.717, 1.165) is 6.42 Å². The molecule has 2 heteroatoms. The van der Waals surface area contributed by atoms with Crippen LogP contribution in [0.5, 0.6) is 0 Å². The van der Waals surface area contributed by atoms with Crippen LogP contribution in [0, 0.1) is 5.92 Å². The Kier molecular flexibility index (Phi) is 3.39. The number of hydrogen-bond donors (Lipinski definition) is 0. The van der Waals surface area contributed by atoms with Crippen molar-refractivity contribution in [3.8, 4) is 0 Å². The van der Waals surface area contributed by atoms with E-state index in [9.17, 15) is 4.79 Å². The summed E-state index contributed by atoms with van der Waals surface area (Å²) in [4.78, 5) is 11.6. The summed E-state index contributed by atoms with van der Waals surface area (Å²) in [5, 5.41) is 3.49. The first kappa shape index (κ1) is 11.3. The summed E-state index contributed by atoms with van der Waals surface area (Å²) in [5.74, 6) is 0.514. The number of carbonyl (C=O) groups is 1. The fourth-order valence-electron chi connectivity index (χ4n) is 1.77. The fraction of sp³-hybridized carbons (Fsp3) is 0.357. The molecule has 0 atom stereocenters. The van der Waals surface area contributed by atoms with Crippen LogP contribution < -0.4 is 0 Å². The lowest BCUT2D eigenvalue weighted by Crippen LogP contribution is -2.07. The second kappa shape index (κ2) is 4.79. The van der Waals surface area contributed by atoms with Crippen LogP contribution in [0.4, 0.5) is 0 Å². The maximum atomic E-state index is 11.6. The minimum Gasteiger partial charge on any atom is -0.299 e. The largest absolute Gasteiger partial charge is 0.299 e. The van der Waals surface area contributed by atoms with E-state index in [4.69, 9.17) is 0 Å². The lowest BCUT2D eigenvalue weighted by Gasteiger charge is -2.03. The van der Waals surface area contributed by atoms with Gasteiger partial charge in [-0.2, -0.15) is 0 Å². The lowest BCUT2D eigenvalue weighted by molar-refractivity contribution is -0.121. The molecule has 0 saturated heterocycles. The second-order valence-corrected chi connectivity index (χ2v) is 5.29. The van der Waals surface area contributed by atoms with Crippen molar-refractivity contribution in [2.75, 3.05) is 0 Å². The third-order valence-corrected chi connectivity index (χ3v) is 3.86. The van der Waals surface area contributed by atoms with Gasteiger partial charge in [-0.25, -0.2) is 0 Å². The van der Waals surface area contributed by atoms with Crippen LogP contribution in [0.1, 0.15) is 25.8 Å². The van der Waals surface area contributed by atoms with Gasteiger partial charge in [-0.15, -0.1) is 11.3 Å². The minimum atomic E-state index is 0.157. The minimum absolute atomic E-state index is 0.157. The third-order valence-electron chi connectivity index (χ3n) is 2.85. The Morgan fingerprint density at radius 2 is 2.06 bits per heavy atom. The molecule has 1 aromatic carbocycles. The highest BCUT2D eigenvalue weighted by molar-refractivity contribution is 7.17. The van der Waals surface area contributed by atoms with Gasteiger partial charge in [0.1, 0.15) is 5.78 Å². The lowest BCUT2D eigenvalue weighted by atomic mass is 10.0. The van der Waals surface area contributed by atoms with Crippen LogP contribution in [-0.4, -0.2) is 5.78 Å². The number of ketones is 1. The van der Waals surface area contributed by atoms with Crippen LogP contribution in [-0.2, 0) is 11.2 Å². The molecule has 0 aliphatic heterocycles. The van der Waals surface area contributed by atoms with Crippen molar-refractivity contribution in [3.05, 3.63) is 35.2 Å². The molecule has 1 heterocycles. The smallest absolute Gasteiger partial charge is 0.135 e. The van der Waals surface area contributed by atoms with Gasteiger partial charge in [-0.05, 0) is 28.8 Å². The Labute approximate surface area is 100 Å². The van der Waals surface area contributed by atoms with E-state index in [1.165, 1.54) is 15.6 Å². The molecule has 2 rings (SSSR count). The zero-order chi connectivity index (χ0) is 11.5. The normalized spacial score (nSPS) is 11.2. The maximum Gasteiger partial charge on any atom is 0.135 e. The summed E-state index contributed by atoms with van der Waals surface area (Å²) in [6, 6.07) is 8.39. The van der Waals surface area contributed by atoms with E-state index >= 15 is 0 Å². The predicted molar refractivity (Wildman–Crippen MR) is 70.0 cm³/mol. The Morgan fingerprint density at radius 3 is 2.81 bits per heavy atom. The highest BCUT2D eigenvalue weighted by atomic mass is 32.1. The number of carbonyl (C=O) groups excluding carboxylic acids is 1. The van der Waals surface area contributed by atoms with E-state index in [1.54, 1.807) is 11.3 Å². The SMILES string of the molecule is CC(C)C(=O)CCc1csc2ccccc12. The number of Topliss-reactive ketones (excluding diaryl/α,β-unsaturated/α-hetero) is 1. The average Bonchev–Trinajstić information content (AvgIpc) is 2.69. The van der Waals surface area contributed by atoms with E-state index in [0.29, 0.717) is 12.2 Å². The number of hydrogen-bond acceptors (Lipinski definition) is 2. The van der Waals surface area contributed by atoms with Crippen molar-refractivity contribution in [3.63, 3.8) is 0 Å². The first-order valence-electron chi connectivity index (χ1n) is 5.66. The molecular weight excluding hydrogens is 216 g/mol. The molecule has 0 amide bonds. The quantitative estimate of drug-likeness (QED) is 0.777. The van der Waals surface area contributed by atoms with Crippen LogP contribution >= 0.6 is 11.3 Å². The Hall–Kier alpha value is -1.15. The molecule has 0 saturated carbocycles. The van der Waals surface area contributed by atoms with Crippen molar-refractivity contribution in [1.82, 2.24) is 0 Å². The first-order valence-corrected chi connectivity index (χ1v) is 6.54. The molecule has 1 aromatic heterocycles. The van der Waals surface area contributed by atoms with Crippen molar-refractivity contribution in [2.24, 2.45) is 5.92 Å². The van der Waals surface area contributed by atoms with E-state index in [-0.39, 0.29) is 5.92 Å². The zero-order valence-corrected chi connectivity index (χ0v) is 10.5. The van der Waals surface area contributed by atoms with Crippen LogP contribution in [0.15, 0.2) is 29.6 Å². The summed E-state index contributed by atoms with van der Waals surface area (Å²) in [5.41, 5.74) is 1.31. The Balaban J connectivity index is 2.13. The van der Waals surface area contributed by atoms with Gasteiger partial charge in [0.05, 0.1) is 0 Å². The summed E-state index contributed by atoms with van der Waals surface area (Å²) in [6.07, 6.45) is 1.54.